The number of fused-ring (bicyclic) bond motifs is 1. The Labute approximate surface area is 260 Å². The molecule has 14 heteroatoms. The number of nitrogens with zero attached hydrogens (tertiary/aromatic N) is 4. The molecule has 0 aliphatic carbocycles. The van der Waals surface area contributed by atoms with Crippen LogP contribution in [-0.2, 0) is 22.3 Å². The first-order chi connectivity index (χ1) is 22.0. The summed E-state index contributed by atoms with van der Waals surface area (Å²) in [6, 6.07) is 9.22. The Morgan fingerprint density at radius 1 is 1.11 bits per heavy atom. The van der Waals surface area contributed by atoms with Gasteiger partial charge in [-0.15, -0.1) is 0 Å². The van der Waals surface area contributed by atoms with Crippen molar-refractivity contribution in [1.82, 2.24) is 25.0 Å². The molecule has 0 saturated carbocycles. The molecule has 2 saturated heterocycles. The van der Waals surface area contributed by atoms with E-state index >= 15 is 0 Å². The van der Waals surface area contributed by atoms with Crippen molar-refractivity contribution in [1.29, 1.82) is 0 Å². The number of pyridine rings is 1. The zero-order valence-corrected chi connectivity index (χ0v) is 24.7. The Hall–Kier alpha value is -4.85. The molecule has 2 aromatic carbocycles. The normalized spacial score (nSPS) is 18.1. The standard InChI is InChI=1S/C32H30F4N6O4/c1-46-27-14-25-20(13-26(27)38-30(44)18-3-2-4-22(12-18)32(34,35)36)17-42(40-25)23-7-9-41(10-8-23)16-21-11-19(15-37-29(21)33)24-5-6-28(43)39-31(24)45/h2-4,11-15,17,23-24H,5-10,16H2,1H3,(H,38,44)(H,39,43,45). The monoisotopic (exact) mass is 638 g/mol. The number of carbonyl (C=O) groups excluding carboxylic acids is 3. The number of methoxy groups -OCH3 is 1. The molecule has 10 nitrogen and oxygen atoms in total. The third kappa shape index (κ3) is 6.57. The van der Waals surface area contributed by atoms with Crippen molar-refractivity contribution >= 4 is 34.3 Å². The van der Waals surface area contributed by atoms with E-state index in [1.807, 2.05) is 10.9 Å². The van der Waals surface area contributed by atoms with Gasteiger partial charge in [0.2, 0.25) is 17.8 Å². The number of piperidine rings is 2. The summed E-state index contributed by atoms with van der Waals surface area (Å²) >= 11 is 0. The van der Waals surface area contributed by atoms with Crippen LogP contribution in [0.4, 0.5) is 23.2 Å². The van der Waals surface area contributed by atoms with Gasteiger partial charge in [-0.1, -0.05) is 6.07 Å². The highest BCUT2D eigenvalue weighted by Gasteiger charge is 2.32. The fourth-order valence-corrected chi connectivity index (χ4v) is 5.96. The predicted molar refractivity (Wildman–Crippen MR) is 159 cm³/mol. The average Bonchev–Trinajstić information content (AvgIpc) is 3.45. The summed E-state index contributed by atoms with van der Waals surface area (Å²) in [5, 5.41) is 10.4. The van der Waals surface area contributed by atoms with Crippen LogP contribution in [0, 0.1) is 5.95 Å². The number of hydrogen-bond donors (Lipinski definition) is 2. The van der Waals surface area contributed by atoms with Crippen LogP contribution in [0.25, 0.3) is 10.9 Å². The van der Waals surface area contributed by atoms with Crippen LogP contribution in [0.1, 0.15) is 64.7 Å². The Bertz CT molecular complexity index is 1820. The molecule has 2 aliphatic heterocycles. The Balaban J connectivity index is 1.12. The van der Waals surface area contributed by atoms with Gasteiger partial charge in [-0.3, -0.25) is 29.3 Å². The van der Waals surface area contributed by atoms with Crippen molar-refractivity contribution in [3.63, 3.8) is 0 Å². The van der Waals surface area contributed by atoms with Gasteiger partial charge in [0, 0.05) is 61.0 Å². The van der Waals surface area contributed by atoms with E-state index in [0.717, 1.165) is 25.0 Å². The number of likely N-dealkylation sites (tertiary alicyclic amines) is 1. The number of alkyl halides is 3. The van der Waals surface area contributed by atoms with E-state index in [0.29, 0.717) is 59.5 Å². The third-order valence-corrected chi connectivity index (χ3v) is 8.44. The topological polar surface area (TPSA) is 118 Å². The first-order valence-electron chi connectivity index (χ1n) is 14.7. The third-order valence-electron chi connectivity index (χ3n) is 8.44. The van der Waals surface area contributed by atoms with E-state index in [1.54, 1.807) is 18.2 Å². The summed E-state index contributed by atoms with van der Waals surface area (Å²) in [6.07, 6.45) is 0.664. The van der Waals surface area contributed by atoms with Gasteiger partial charge in [-0.05, 0) is 55.2 Å². The summed E-state index contributed by atoms with van der Waals surface area (Å²) in [7, 11) is 1.42. The summed E-state index contributed by atoms with van der Waals surface area (Å²) in [5.41, 5.74) is 0.824. The molecule has 3 amide bonds. The molecule has 6 rings (SSSR count). The van der Waals surface area contributed by atoms with E-state index in [2.05, 4.69) is 20.5 Å². The highest BCUT2D eigenvalue weighted by Crippen LogP contribution is 2.34. The number of imide groups is 1. The lowest BCUT2D eigenvalue weighted by Gasteiger charge is -2.32. The summed E-state index contributed by atoms with van der Waals surface area (Å²) < 4.78 is 61.4. The van der Waals surface area contributed by atoms with E-state index in [4.69, 9.17) is 9.84 Å². The van der Waals surface area contributed by atoms with Crippen LogP contribution in [0.3, 0.4) is 0 Å². The number of halogens is 4. The SMILES string of the molecule is COc1cc2nn(C3CCN(Cc4cc(C5CCC(=O)NC5=O)cnc4F)CC3)cc2cc1NC(=O)c1cccc(C(F)(F)F)c1. The van der Waals surface area contributed by atoms with Crippen LogP contribution < -0.4 is 15.4 Å². The minimum atomic E-state index is -4.58. The van der Waals surface area contributed by atoms with Gasteiger partial charge in [0.1, 0.15) is 5.75 Å². The second-order valence-corrected chi connectivity index (χ2v) is 11.5. The summed E-state index contributed by atoms with van der Waals surface area (Å²) in [6.45, 7) is 1.63. The molecule has 0 radical (unpaired) electrons. The second kappa shape index (κ2) is 12.5. The molecule has 1 atom stereocenters. The lowest BCUT2D eigenvalue weighted by atomic mass is 9.91. The molecular weight excluding hydrogens is 608 g/mol. The zero-order valence-electron chi connectivity index (χ0n) is 24.7. The van der Waals surface area contributed by atoms with Gasteiger partial charge in [0.25, 0.3) is 5.91 Å². The first kappa shape index (κ1) is 31.1. The summed E-state index contributed by atoms with van der Waals surface area (Å²) in [5.74, 6) is -2.25. The molecule has 46 heavy (non-hydrogen) atoms. The lowest BCUT2D eigenvalue weighted by molar-refractivity contribution is -0.138. The van der Waals surface area contributed by atoms with E-state index < -0.39 is 35.4 Å². The smallest absolute Gasteiger partial charge is 0.416 e. The van der Waals surface area contributed by atoms with Gasteiger partial charge in [0.05, 0.1) is 35.8 Å². The molecule has 2 aromatic heterocycles. The number of carbonyl (C=O) groups is 3. The minimum Gasteiger partial charge on any atom is -0.494 e. The Morgan fingerprint density at radius 3 is 2.61 bits per heavy atom. The molecule has 4 aromatic rings. The maximum Gasteiger partial charge on any atom is 0.416 e. The van der Waals surface area contributed by atoms with Crippen molar-refractivity contribution in [2.24, 2.45) is 0 Å². The predicted octanol–water partition coefficient (Wildman–Crippen LogP) is 5.21. The quantitative estimate of drug-likeness (QED) is 0.162. The van der Waals surface area contributed by atoms with Crippen molar-refractivity contribution in [2.45, 2.75) is 50.4 Å². The highest BCUT2D eigenvalue weighted by molar-refractivity contribution is 6.06. The van der Waals surface area contributed by atoms with E-state index in [1.165, 1.54) is 25.4 Å². The number of aromatic nitrogens is 3. The van der Waals surface area contributed by atoms with Gasteiger partial charge in [-0.2, -0.15) is 22.7 Å². The maximum atomic E-state index is 14.7. The number of ether oxygens (including phenoxy) is 1. The highest BCUT2D eigenvalue weighted by atomic mass is 19.4. The van der Waals surface area contributed by atoms with Crippen molar-refractivity contribution < 1.29 is 36.7 Å². The first-order valence-corrected chi connectivity index (χ1v) is 14.7. The van der Waals surface area contributed by atoms with Crippen molar-refractivity contribution in [3.05, 3.63) is 83.1 Å². The van der Waals surface area contributed by atoms with Crippen LogP contribution >= 0.6 is 0 Å². The molecule has 1 unspecified atom stereocenters. The molecule has 240 valence electrons. The Kier molecular flexibility index (Phi) is 8.47. The number of anilines is 1. The fourth-order valence-electron chi connectivity index (χ4n) is 5.96. The molecular formula is C32H30F4N6O4. The minimum absolute atomic E-state index is 0.0515. The van der Waals surface area contributed by atoms with Crippen LogP contribution in [0.2, 0.25) is 0 Å². The number of rotatable bonds is 7. The van der Waals surface area contributed by atoms with E-state index in [-0.39, 0.29) is 23.9 Å². The van der Waals surface area contributed by atoms with Gasteiger partial charge < -0.3 is 10.1 Å². The van der Waals surface area contributed by atoms with Crippen LogP contribution in [0.15, 0.2) is 54.9 Å². The van der Waals surface area contributed by atoms with Crippen molar-refractivity contribution in [3.8, 4) is 5.75 Å². The molecule has 2 fully saturated rings. The van der Waals surface area contributed by atoms with Crippen LogP contribution in [-0.4, -0.2) is 57.6 Å². The van der Waals surface area contributed by atoms with Crippen molar-refractivity contribution in [2.75, 3.05) is 25.5 Å². The molecule has 0 spiro atoms. The van der Waals surface area contributed by atoms with Gasteiger partial charge in [0.15, 0.2) is 0 Å². The van der Waals surface area contributed by atoms with Crippen LogP contribution in [0.5, 0.6) is 5.75 Å². The molecule has 2 aliphatic rings. The summed E-state index contributed by atoms with van der Waals surface area (Å²) in [4.78, 5) is 42.6. The van der Waals surface area contributed by atoms with Gasteiger partial charge in [-0.25, -0.2) is 4.98 Å². The molecule has 4 heterocycles. The fraction of sp³-hybridized carbons (Fsp3) is 0.344. The second-order valence-electron chi connectivity index (χ2n) is 11.5. The Morgan fingerprint density at radius 2 is 1.89 bits per heavy atom. The number of nitrogens with one attached hydrogen (secondary N) is 2. The largest absolute Gasteiger partial charge is 0.494 e. The zero-order chi connectivity index (χ0) is 32.6. The van der Waals surface area contributed by atoms with Gasteiger partial charge >= 0.3 is 6.18 Å². The molecule has 2 N–H and O–H groups in total. The van der Waals surface area contributed by atoms with E-state index in [9.17, 15) is 31.9 Å². The maximum absolute atomic E-state index is 14.7. The number of benzene rings is 2. The molecule has 0 bridgehead atoms. The number of amides is 3. The number of hydrogen-bond acceptors (Lipinski definition) is 7. The average molecular weight is 639 g/mol. The lowest BCUT2D eigenvalue weighted by Crippen LogP contribution is -2.39.